The van der Waals surface area contributed by atoms with Crippen LogP contribution in [0.15, 0.2) is 12.3 Å². The van der Waals surface area contributed by atoms with Crippen LogP contribution in [0.3, 0.4) is 0 Å². The van der Waals surface area contributed by atoms with E-state index in [4.69, 9.17) is 11.6 Å². The van der Waals surface area contributed by atoms with Crippen molar-refractivity contribution in [2.45, 2.75) is 6.92 Å². The molecule has 2 rings (SSSR count). The van der Waals surface area contributed by atoms with Crippen molar-refractivity contribution in [2.75, 3.05) is 0 Å². The Kier molecular flexibility index (Phi) is 1.29. The summed E-state index contributed by atoms with van der Waals surface area (Å²) in [5.41, 5.74) is 0.863. The number of aromatic nitrogens is 4. The Hall–Kier alpha value is -1.16. The van der Waals surface area contributed by atoms with Crippen LogP contribution in [0.4, 0.5) is 0 Å². The fraction of sp³-hybridized carbons (Fsp3) is 0.167. The molecular weight excluding hydrogens is 164 g/mol. The summed E-state index contributed by atoms with van der Waals surface area (Å²) in [6, 6.07) is 1.72. The molecule has 0 aliphatic rings. The molecule has 0 spiro atoms. The largest absolute Gasteiger partial charge is 0.221 e. The molecule has 0 saturated heterocycles. The van der Waals surface area contributed by atoms with E-state index in [1.165, 1.54) is 0 Å². The SMILES string of the molecule is Cc1nc(Cl)cc2cnnn12. The minimum absolute atomic E-state index is 0.470. The van der Waals surface area contributed by atoms with Gasteiger partial charge in [-0.15, -0.1) is 5.10 Å². The van der Waals surface area contributed by atoms with Crippen LogP contribution in [0.25, 0.3) is 5.52 Å². The second kappa shape index (κ2) is 2.17. The van der Waals surface area contributed by atoms with E-state index in [9.17, 15) is 0 Å². The summed E-state index contributed by atoms with van der Waals surface area (Å²) in [5, 5.41) is 7.99. The van der Waals surface area contributed by atoms with Crippen LogP contribution in [0, 0.1) is 6.92 Å². The quantitative estimate of drug-likeness (QED) is 0.553. The van der Waals surface area contributed by atoms with Crippen LogP contribution in [0.5, 0.6) is 0 Å². The van der Waals surface area contributed by atoms with Gasteiger partial charge in [0.2, 0.25) is 0 Å². The molecule has 2 aromatic heterocycles. The maximum Gasteiger partial charge on any atom is 0.133 e. The molecule has 11 heavy (non-hydrogen) atoms. The number of aryl methyl sites for hydroxylation is 1. The number of halogens is 1. The smallest absolute Gasteiger partial charge is 0.133 e. The van der Waals surface area contributed by atoms with Gasteiger partial charge >= 0.3 is 0 Å². The van der Waals surface area contributed by atoms with Crippen molar-refractivity contribution >= 4 is 17.1 Å². The van der Waals surface area contributed by atoms with Crippen LogP contribution >= 0.6 is 11.6 Å². The lowest BCUT2D eigenvalue weighted by molar-refractivity contribution is 0.798. The highest BCUT2D eigenvalue weighted by Crippen LogP contribution is 2.09. The van der Waals surface area contributed by atoms with Gasteiger partial charge in [-0.05, 0) is 6.92 Å². The Balaban J connectivity index is 2.91. The van der Waals surface area contributed by atoms with Crippen molar-refractivity contribution in [3.8, 4) is 0 Å². The van der Waals surface area contributed by atoms with Crippen molar-refractivity contribution in [3.05, 3.63) is 23.2 Å². The number of rotatable bonds is 0. The molecule has 0 unspecified atom stereocenters. The van der Waals surface area contributed by atoms with Crippen LogP contribution in [0.1, 0.15) is 5.82 Å². The normalized spacial score (nSPS) is 10.7. The lowest BCUT2D eigenvalue weighted by Gasteiger charge is -1.95. The first-order valence-electron chi connectivity index (χ1n) is 3.11. The van der Waals surface area contributed by atoms with E-state index >= 15 is 0 Å². The third kappa shape index (κ3) is 0.952. The van der Waals surface area contributed by atoms with E-state index in [0.29, 0.717) is 5.15 Å². The first kappa shape index (κ1) is 6.54. The van der Waals surface area contributed by atoms with E-state index in [1.807, 2.05) is 6.92 Å². The maximum atomic E-state index is 5.70. The van der Waals surface area contributed by atoms with E-state index in [2.05, 4.69) is 15.3 Å². The Labute approximate surface area is 67.8 Å². The zero-order chi connectivity index (χ0) is 7.84. The minimum atomic E-state index is 0.470. The summed E-state index contributed by atoms with van der Waals surface area (Å²) in [5.74, 6) is 0.741. The van der Waals surface area contributed by atoms with Gasteiger partial charge in [-0.25, -0.2) is 4.98 Å². The third-order valence-electron chi connectivity index (χ3n) is 1.42. The molecule has 0 bridgehead atoms. The Morgan fingerprint density at radius 1 is 1.55 bits per heavy atom. The average Bonchev–Trinajstić information content (AvgIpc) is 2.34. The number of hydrogen-bond acceptors (Lipinski definition) is 3. The Morgan fingerprint density at radius 3 is 3.18 bits per heavy atom. The van der Waals surface area contributed by atoms with Gasteiger partial charge in [-0.3, -0.25) is 0 Å². The molecule has 0 radical (unpaired) electrons. The summed E-state index contributed by atoms with van der Waals surface area (Å²) in [6.45, 7) is 1.83. The molecule has 0 fully saturated rings. The number of fused-ring (bicyclic) bond motifs is 1. The summed E-state index contributed by atoms with van der Waals surface area (Å²) in [6.07, 6.45) is 1.64. The van der Waals surface area contributed by atoms with Gasteiger partial charge < -0.3 is 0 Å². The minimum Gasteiger partial charge on any atom is -0.221 e. The molecule has 0 aliphatic carbocycles. The predicted octanol–water partition coefficient (Wildman–Crippen LogP) is 1.09. The zero-order valence-corrected chi connectivity index (χ0v) is 6.58. The highest BCUT2D eigenvalue weighted by atomic mass is 35.5. The lowest BCUT2D eigenvalue weighted by Crippen LogP contribution is -1.96. The highest BCUT2D eigenvalue weighted by molar-refractivity contribution is 6.29. The first-order chi connectivity index (χ1) is 5.27. The average molecular weight is 169 g/mol. The first-order valence-corrected chi connectivity index (χ1v) is 3.49. The van der Waals surface area contributed by atoms with Crippen molar-refractivity contribution in [2.24, 2.45) is 0 Å². The molecule has 5 heteroatoms. The fourth-order valence-corrected chi connectivity index (χ4v) is 1.18. The van der Waals surface area contributed by atoms with Crippen molar-refractivity contribution in [1.82, 2.24) is 19.8 Å². The lowest BCUT2D eigenvalue weighted by atomic mass is 10.5. The second-order valence-electron chi connectivity index (χ2n) is 2.20. The fourth-order valence-electron chi connectivity index (χ4n) is 0.949. The van der Waals surface area contributed by atoms with E-state index in [0.717, 1.165) is 11.3 Å². The molecule has 0 aromatic carbocycles. The van der Waals surface area contributed by atoms with Crippen molar-refractivity contribution in [3.63, 3.8) is 0 Å². The molecule has 2 heterocycles. The topological polar surface area (TPSA) is 43.1 Å². The van der Waals surface area contributed by atoms with Crippen LogP contribution < -0.4 is 0 Å². The van der Waals surface area contributed by atoms with Gasteiger partial charge in [0.05, 0.1) is 11.7 Å². The molecule has 0 aliphatic heterocycles. The number of hydrogen-bond donors (Lipinski definition) is 0. The van der Waals surface area contributed by atoms with Gasteiger partial charge in [0, 0.05) is 6.07 Å². The predicted molar refractivity (Wildman–Crippen MR) is 40.5 cm³/mol. The summed E-state index contributed by atoms with van der Waals surface area (Å²) < 4.78 is 1.63. The second-order valence-corrected chi connectivity index (χ2v) is 2.58. The molecule has 4 nitrogen and oxygen atoms in total. The molecule has 2 aromatic rings. The summed E-state index contributed by atoms with van der Waals surface area (Å²) >= 11 is 5.70. The van der Waals surface area contributed by atoms with E-state index in [-0.39, 0.29) is 0 Å². The third-order valence-corrected chi connectivity index (χ3v) is 1.61. The summed E-state index contributed by atoms with van der Waals surface area (Å²) in [4.78, 5) is 4.00. The van der Waals surface area contributed by atoms with Crippen molar-refractivity contribution < 1.29 is 0 Å². The molecule has 0 saturated carbocycles. The zero-order valence-electron chi connectivity index (χ0n) is 5.82. The van der Waals surface area contributed by atoms with Gasteiger partial charge in [0.1, 0.15) is 11.0 Å². The summed E-state index contributed by atoms with van der Waals surface area (Å²) in [7, 11) is 0. The molecule has 56 valence electrons. The van der Waals surface area contributed by atoms with E-state index in [1.54, 1.807) is 16.8 Å². The maximum absolute atomic E-state index is 5.70. The Morgan fingerprint density at radius 2 is 2.36 bits per heavy atom. The van der Waals surface area contributed by atoms with Crippen LogP contribution in [0.2, 0.25) is 5.15 Å². The monoisotopic (exact) mass is 168 g/mol. The van der Waals surface area contributed by atoms with Gasteiger partial charge in [-0.2, -0.15) is 4.52 Å². The van der Waals surface area contributed by atoms with Crippen LogP contribution in [-0.2, 0) is 0 Å². The van der Waals surface area contributed by atoms with Crippen LogP contribution in [-0.4, -0.2) is 19.8 Å². The highest BCUT2D eigenvalue weighted by Gasteiger charge is 2.00. The molecule has 0 amide bonds. The number of nitrogens with zero attached hydrogens (tertiary/aromatic N) is 4. The van der Waals surface area contributed by atoms with E-state index < -0.39 is 0 Å². The molecule has 0 N–H and O–H groups in total. The molecular formula is C6H5ClN4. The standard InChI is InChI=1S/C6H5ClN4/c1-4-9-6(7)2-5-3-8-10-11(4)5/h2-3H,1H3. The van der Waals surface area contributed by atoms with Gasteiger partial charge in [0.15, 0.2) is 0 Å². The van der Waals surface area contributed by atoms with Gasteiger partial charge in [-0.1, -0.05) is 16.8 Å². The van der Waals surface area contributed by atoms with Crippen molar-refractivity contribution in [1.29, 1.82) is 0 Å². The Bertz CT molecular complexity index is 394. The molecule has 0 atom stereocenters. The van der Waals surface area contributed by atoms with Gasteiger partial charge in [0.25, 0.3) is 0 Å².